The van der Waals surface area contributed by atoms with Gasteiger partial charge < -0.3 is 5.32 Å². The summed E-state index contributed by atoms with van der Waals surface area (Å²) in [5, 5.41) is 3.03. The van der Waals surface area contributed by atoms with Gasteiger partial charge in [-0.1, -0.05) is 18.2 Å². The molecule has 106 valence electrons. The summed E-state index contributed by atoms with van der Waals surface area (Å²) in [5.41, 5.74) is 1.73. The lowest BCUT2D eigenvalue weighted by Crippen LogP contribution is -2.19. The normalized spacial score (nSPS) is 13.2. The van der Waals surface area contributed by atoms with Gasteiger partial charge in [0.15, 0.2) is 0 Å². The summed E-state index contributed by atoms with van der Waals surface area (Å²) in [6.07, 6.45) is -0.962. The van der Waals surface area contributed by atoms with Crippen LogP contribution >= 0.6 is 0 Å². The third-order valence-corrected chi connectivity index (χ3v) is 3.07. The first-order valence-corrected chi connectivity index (χ1v) is 6.18. The summed E-state index contributed by atoms with van der Waals surface area (Å²) in [4.78, 5) is 4.09. The molecule has 0 aliphatic heterocycles. The molecule has 0 bridgehead atoms. The minimum Gasteiger partial charge on any atom is -0.309 e. The van der Waals surface area contributed by atoms with Gasteiger partial charge in [0.25, 0.3) is 0 Å². The Morgan fingerprint density at radius 2 is 1.85 bits per heavy atom. The Bertz CT molecular complexity index is 594. The summed E-state index contributed by atoms with van der Waals surface area (Å²) in [6, 6.07) is 6.94. The highest BCUT2D eigenvalue weighted by Crippen LogP contribution is 2.32. The maximum Gasteiger partial charge on any atom is 0.416 e. The van der Waals surface area contributed by atoms with Crippen LogP contribution in [0.25, 0.3) is 0 Å². The Balaban J connectivity index is 2.42. The monoisotopic (exact) mass is 280 g/mol. The fourth-order valence-electron chi connectivity index (χ4n) is 2.16. The number of benzene rings is 1. The lowest BCUT2D eigenvalue weighted by molar-refractivity contribution is -0.137. The standard InChI is InChI=1S/C15H15F3N2/c1-10-6-12(9-20-8-10)14(19-2)11-4-3-5-13(7-11)15(16,17)18/h3-9,14,19H,1-2H3. The number of rotatable bonds is 3. The molecule has 1 N–H and O–H groups in total. The van der Waals surface area contributed by atoms with Crippen molar-refractivity contribution >= 4 is 0 Å². The van der Waals surface area contributed by atoms with Crippen molar-refractivity contribution in [1.29, 1.82) is 0 Å². The smallest absolute Gasteiger partial charge is 0.309 e. The molecule has 2 aromatic rings. The molecule has 5 heteroatoms. The lowest BCUT2D eigenvalue weighted by Gasteiger charge is -2.18. The number of nitrogens with one attached hydrogen (secondary N) is 1. The third kappa shape index (κ3) is 3.17. The molecule has 1 atom stereocenters. The maximum atomic E-state index is 12.8. The van der Waals surface area contributed by atoms with Gasteiger partial charge in [0.2, 0.25) is 0 Å². The molecule has 0 fully saturated rings. The fourth-order valence-corrected chi connectivity index (χ4v) is 2.16. The van der Waals surface area contributed by atoms with Crippen LogP contribution in [0.1, 0.15) is 28.3 Å². The van der Waals surface area contributed by atoms with E-state index in [1.807, 2.05) is 13.0 Å². The molecular weight excluding hydrogens is 265 g/mol. The molecule has 1 unspecified atom stereocenters. The van der Waals surface area contributed by atoms with Crippen LogP contribution in [-0.4, -0.2) is 12.0 Å². The number of aryl methyl sites for hydroxylation is 1. The zero-order valence-corrected chi connectivity index (χ0v) is 11.2. The molecule has 0 spiro atoms. The van der Waals surface area contributed by atoms with Crippen LogP contribution < -0.4 is 5.32 Å². The van der Waals surface area contributed by atoms with Gasteiger partial charge in [-0.2, -0.15) is 13.2 Å². The summed E-state index contributed by atoms with van der Waals surface area (Å²) in [5.74, 6) is 0. The Labute approximate surface area is 115 Å². The van der Waals surface area contributed by atoms with E-state index in [1.54, 1.807) is 25.5 Å². The van der Waals surface area contributed by atoms with Crippen molar-refractivity contribution in [3.05, 3.63) is 65.0 Å². The highest BCUT2D eigenvalue weighted by molar-refractivity contribution is 5.35. The summed E-state index contributed by atoms with van der Waals surface area (Å²) in [6.45, 7) is 1.90. The molecule has 2 nitrogen and oxygen atoms in total. The summed E-state index contributed by atoms with van der Waals surface area (Å²) in [7, 11) is 1.72. The van der Waals surface area contributed by atoms with E-state index in [0.29, 0.717) is 5.56 Å². The number of hydrogen-bond donors (Lipinski definition) is 1. The first kappa shape index (κ1) is 14.5. The van der Waals surface area contributed by atoms with Gasteiger partial charge in [0.1, 0.15) is 0 Å². The van der Waals surface area contributed by atoms with Crippen molar-refractivity contribution in [3.63, 3.8) is 0 Å². The van der Waals surface area contributed by atoms with Crippen LogP contribution in [0.5, 0.6) is 0 Å². The van der Waals surface area contributed by atoms with E-state index >= 15 is 0 Å². The zero-order valence-electron chi connectivity index (χ0n) is 11.2. The van der Waals surface area contributed by atoms with Gasteiger partial charge >= 0.3 is 6.18 Å². The summed E-state index contributed by atoms with van der Waals surface area (Å²) >= 11 is 0. The van der Waals surface area contributed by atoms with Gasteiger partial charge in [-0.3, -0.25) is 4.98 Å². The largest absolute Gasteiger partial charge is 0.416 e. The molecular formula is C15H15F3N2. The highest BCUT2D eigenvalue weighted by Gasteiger charge is 2.31. The Morgan fingerprint density at radius 3 is 2.45 bits per heavy atom. The quantitative estimate of drug-likeness (QED) is 0.927. The molecule has 1 aromatic heterocycles. The second-order valence-electron chi connectivity index (χ2n) is 4.64. The van der Waals surface area contributed by atoms with Crippen LogP contribution in [0, 0.1) is 6.92 Å². The van der Waals surface area contributed by atoms with Crippen LogP contribution in [0.3, 0.4) is 0 Å². The molecule has 0 saturated carbocycles. The van der Waals surface area contributed by atoms with E-state index in [0.717, 1.165) is 17.2 Å². The van der Waals surface area contributed by atoms with Gasteiger partial charge in [0, 0.05) is 12.4 Å². The predicted octanol–water partition coefficient (Wildman–Crippen LogP) is 3.72. The molecule has 2 rings (SSSR count). The van der Waals surface area contributed by atoms with Gasteiger partial charge in [-0.15, -0.1) is 0 Å². The van der Waals surface area contributed by atoms with E-state index in [1.165, 1.54) is 12.1 Å². The maximum absolute atomic E-state index is 12.8. The second kappa shape index (κ2) is 5.63. The molecule has 1 aromatic carbocycles. The average molecular weight is 280 g/mol. The number of aromatic nitrogens is 1. The number of hydrogen-bond acceptors (Lipinski definition) is 2. The van der Waals surface area contributed by atoms with Crippen molar-refractivity contribution in [3.8, 4) is 0 Å². The number of halogens is 3. The first-order chi connectivity index (χ1) is 9.41. The van der Waals surface area contributed by atoms with Crippen LogP contribution in [0.15, 0.2) is 42.7 Å². The van der Waals surface area contributed by atoms with Crippen molar-refractivity contribution in [2.24, 2.45) is 0 Å². The van der Waals surface area contributed by atoms with Crippen molar-refractivity contribution in [1.82, 2.24) is 10.3 Å². The molecule has 0 amide bonds. The topological polar surface area (TPSA) is 24.9 Å². The van der Waals surface area contributed by atoms with Crippen molar-refractivity contribution in [2.45, 2.75) is 19.1 Å². The molecule has 0 radical (unpaired) electrons. The summed E-state index contributed by atoms with van der Waals surface area (Å²) < 4.78 is 38.3. The van der Waals surface area contributed by atoms with E-state index in [2.05, 4.69) is 10.3 Å². The zero-order chi connectivity index (χ0) is 14.8. The molecule has 20 heavy (non-hydrogen) atoms. The van der Waals surface area contributed by atoms with E-state index in [-0.39, 0.29) is 6.04 Å². The molecule has 0 aliphatic carbocycles. The van der Waals surface area contributed by atoms with Gasteiger partial charge in [-0.05, 0) is 42.8 Å². The molecule has 0 saturated heterocycles. The Morgan fingerprint density at radius 1 is 1.10 bits per heavy atom. The SMILES string of the molecule is CNC(c1cncc(C)c1)c1cccc(C(F)(F)F)c1. The van der Waals surface area contributed by atoms with E-state index < -0.39 is 11.7 Å². The average Bonchev–Trinajstić information content (AvgIpc) is 2.39. The molecule has 1 heterocycles. The van der Waals surface area contributed by atoms with Gasteiger partial charge in [0.05, 0.1) is 11.6 Å². The third-order valence-electron chi connectivity index (χ3n) is 3.07. The Hall–Kier alpha value is -1.88. The minimum absolute atomic E-state index is 0.315. The Kier molecular flexibility index (Phi) is 4.09. The highest BCUT2D eigenvalue weighted by atomic mass is 19.4. The number of pyridine rings is 1. The number of nitrogens with zero attached hydrogens (tertiary/aromatic N) is 1. The van der Waals surface area contributed by atoms with E-state index in [4.69, 9.17) is 0 Å². The van der Waals surface area contributed by atoms with Gasteiger partial charge in [-0.25, -0.2) is 0 Å². The lowest BCUT2D eigenvalue weighted by atomic mass is 9.97. The van der Waals surface area contributed by atoms with E-state index in [9.17, 15) is 13.2 Å². The second-order valence-corrected chi connectivity index (χ2v) is 4.64. The number of alkyl halides is 3. The fraction of sp³-hybridized carbons (Fsp3) is 0.267. The van der Waals surface area contributed by atoms with Crippen molar-refractivity contribution < 1.29 is 13.2 Å². The predicted molar refractivity (Wildman–Crippen MR) is 71.3 cm³/mol. The van der Waals surface area contributed by atoms with Crippen LogP contribution in [0.4, 0.5) is 13.2 Å². The minimum atomic E-state index is -4.33. The van der Waals surface area contributed by atoms with Crippen LogP contribution in [-0.2, 0) is 6.18 Å². The first-order valence-electron chi connectivity index (χ1n) is 6.18. The molecule has 0 aliphatic rings. The van der Waals surface area contributed by atoms with Crippen LogP contribution in [0.2, 0.25) is 0 Å². The van der Waals surface area contributed by atoms with Crippen molar-refractivity contribution in [2.75, 3.05) is 7.05 Å².